The first kappa shape index (κ1) is 22.7. The molecule has 0 nitrogen and oxygen atoms in total. The van der Waals surface area contributed by atoms with Gasteiger partial charge in [-0.05, 0) is 56.2 Å². The third-order valence-corrected chi connectivity index (χ3v) is 3.62. The zero-order valence-corrected chi connectivity index (χ0v) is 17.1. The van der Waals surface area contributed by atoms with Crippen molar-refractivity contribution in [3.05, 3.63) is 82.2 Å². The van der Waals surface area contributed by atoms with Crippen LogP contribution < -0.4 is 10.4 Å². The van der Waals surface area contributed by atoms with Crippen molar-refractivity contribution in [2.45, 2.75) is 48.5 Å². The van der Waals surface area contributed by atoms with E-state index in [1.165, 1.54) is 32.7 Å². The molecule has 0 radical (unpaired) electrons. The van der Waals surface area contributed by atoms with Gasteiger partial charge in [0.25, 0.3) is 0 Å². The normalized spacial score (nSPS) is 10.4. The molecule has 0 amide bonds. The van der Waals surface area contributed by atoms with Crippen molar-refractivity contribution in [2.75, 3.05) is 0 Å². The Hall–Kier alpha value is -2.34. The van der Waals surface area contributed by atoms with Crippen molar-refractivity contribution in [3.63, 3.8) is 0 Å². The number of aryl methyl sites for hydroxylation is 1. The summed E-state index contributed by atoms with van der Waals surface area (Å²) in [7, 11) is 0. The maximum Gasteiger partial charge on any atom is -0.0185 e. The summed E-state index contributed by atoms with van der Waals surface area (Å²) < 4.78 is 0. The first-order valence-corrected chi connectivity index (χ1v) is 9.08. The minimum absolute atomic E-state index is 1.19. The molecule has 0 aliphatic rings. The zero-order chi connectivity index (χ0) is 19.2. The van der Waals surface area contributed by atoms with Crippen LogP contribution in [0.3, 0.4) is 0 Å². The fourth-order valence-corrected chi connectivity index (χ4v) is 2.41. The van der Waals surface area contributed by atoms with Crippen LogP contribution in [-0.4, -0.2) is 0 Å². The molecular weight excluding hydrogens is 300 g/mol. The molecular formula is C25H34. The summed E-state index contributed by atoms with van der Waals surface area (Å²) in [5, 5.41) is 2.68. The largest absolute Gasteiger partial charge is 0.0984 e. The maximum atomic E-state index is 3.77. The van der Waals surface area contributed by atoms with Gasteiger partial charge in [-0.3, -0.25) is 0 Å². The predicted molar refractivity (Wildman–Crippen MR) is 118 cm³/mol. The van der Waals surface area contributed by atoms with Crippen LogP contribution in [0.25, 0.3) is 23.8 Å². The second-order valence-electron chi connectivity index (χ2n) is 5.71. The number of rotatable bonds is 2. The number of benzene rings is 2. The fraction of sp³-hybridized carbons (Fsp3) is 0.280. The highest BCUT2D eigenvalue weighted by Crippen LogP contribution is 2.14. The maximum absolute atomic E-state index is 3.77. The lowest BCUT2D eigenvalue weighted by molar-refractivity contribution is 1.43. The minimum atomic E-state index is 1.19. The molecule has 0 heteroatoms. The smallest absolute Gasteiger partial charge is 0.0185 e. The molecule has 0 atom stereocenters. The van der Waals surface area contributed by atoms with Gasteiger partial charge >= 0.3 is 0 Å². The van der Waals surface area contributed by atoms with Crippen LogP contribution >= 0.6 is 0 Å². The molecule has 0 fully saturated rings. The fourth-order valence-electron chi connectivity index (χ4n) is 2.41. The molecule has 0 heterocycles. The van der Waals surface area contributed by atoms with Gasteiger partial charge in [-0.1, -0.05) is 98.3 Å². The lowest BCUT2D eigenvalue weighted by Gasteiger charge is -2.01. The third kappa shape index (κ3) is 7.85. The number of hydrogen-bond acceptors (Lipinski definition) is 0. The standard InChI is InChI=1S/C12H14.C11H14.C2H6/c1-4-6-12-9-10(3)7-8-11(12)5-2;1-4-10-7-5-6-8-11(10)9(2)3;1-2/h4-9H,2H2,1,3H3;4-8H,1-3H3;1-2H3/b6-4-;10-4-;. The highest BCUT2D eigenvalue weighted by Gasteiger charge is 1.94. The summed E-state index contributed by atoms with van der Waals surface area (Å²) in [4.78, 5) is 0. The van der Waals surface area contributed by atoms with E-state index >= 15 is 0 Å². The Morgan fingerprint density at radius 3 is 2.04 bits per heavy atom. The van der Waals surface area contributed by atoms with Crippen molar-refractivity contribution in [1.82, 2.24) is 0 Å². The first-order chi connectivity index (χ1) is 12.0. The van der Waals surface area contributed by atoms with Gasteiger partial charge in [0.05, 0.1) is 0 Å². The molecule has 0 spiro atoms. The molecule has 25 heavy (non-hydrogen) atoms. The van der Waals surface area contributed by atoms with Crippen molar-refractivity contribution in [3.8, 4) is 0 Å². The Labute approximate surface area is 154 Å². The van der Waals surface area contributed by atoms with Crippen LogP contribution in [0.4, 0.5) is 0 Å². The molecule has 0 saturated heterocycles. The summed E-state index contributed by atoms with van der Waals surface area (Å²) in [6.07, 6.45) is 8.17. The van der Waals surface area contributed by atoms with Crippen LogP contribution in [0, 0.1) is 6.92 Å². The molecule has 2 aromatic rings. The van der Waals surface area contributed by atoms with Gasteiger partial charge in [0.15, 0.2) is 0 Å². The van der Waals surface area contributed by atoms with Crippen molar-refractivity contribution < 1.29 is 0 Å². The van der Waals surface area contributed by atoms with Crippen LogP contribution in [0.15, 0.2) is 55.1 Å². The van der Waals surface area contributed by atoms with E-state index in [-0.39, 0.29) is 0 Å². The van der Waals surface area contributed by atoms with Crippen LogP contribution in [0.5, 0.6) is 0 Å². The van der Waals surface area contributed by atoms with E-state index in [0.717, 1.165) is 0 Å². The van der Waals surface area contributed by atoms with Gasteiger partial charge in [0.1, 0.15) is 0 Å². The van der Waals surface area contributed by atoms with E-state index in [0.29, 0.717) is 0 Å². The van der Waals surface area contributed by atoms with Crippen molar-refractivity contribution in [1.29, 1.82) is 0 Å². The highest BCUT2D eigenvalue weighted by atomic mass is 14.0. The molecule has 0 bridgehead atoms. The summed E-state index contributed by atoms with van der Waals surface area (Å²) in [6.45, 7) is 18.2. The Balaban J connectivity index is 0.000000421. The molecule has 0 aromatic heterocycles. The lowest BCUT2D eigenvalue weighted by atomic mass is 10.0. The van der Waals surface area contributed by atoms with E-state index in [2.05, 4.69) is 88.9 Å². The van der Waals surface area contributed by atoms with E-state index in [1.54, 1.807) is 0 Å². The molecule has 2 aromatic carbocycles. The summed E-state index contributed by atoms with van der Waals surface area (Å²) >= 11 is 0. The van der Waals surface area contributed by atoms with Gasteiger partial charge in [-0.25, -0.2) is 0 Å². The van der Waals surface area contributed by atoms with Crippen molar-refractivity contribution >= 4 is 23.8 Å². The molecule has 0 aliphatic heterocycles. The van der Waals surface area contributed by atoms with Crippen LogP contribution in [0.1, 0.15) is 58.2 Å². The monoisotopic (exact) mass is 334 g/mol. The Bertz CT molecular complexity index is 785. The molecule has 2 rings (SSSR count). The van der Waals surface area contributed by atoms with E-state index < -0.39 is 0 Å². The Morgan fingerprint density at radius 1 is 0.920 bits per heavy atom. The summed E-state index contributed by atoms with van der Waals surface area (Å²) in [5.41, 5.74) is 5.10. The average Bonchev–Trinajstić information content (AvgIpc) is 2.64. The number of allylic oxidation sites excluding steroid dienone is 1. The molecule has 134 valence electrons. The van der Waals surface area contributed by atoms with E-state index in [9.17, 15) is 0 Å². The average molecular weight is 335 g/mol. The molecule has 0 N–H and O–H groups in total. The van der Waals surface area contributed by atoms with Gasteiger partial charge in [-0.15, -0.1) is 0 Å². The lowest BCUT2D eigenvalue weighted by Crippen LogP contribution is -2.24. The molecule has 0 saturated carbocycles. The van der Waals surface area contributed by atoms with Crippen LogP contribution in [-0.2, 0) is 0 Å². The van der Waals surface area contributed by atoms with Crippen LogP contribution in [0.2, 0.25) is 0 Å². The van der Waals surface area contributed by atoms with E-state index in [1.807, 2.05) is 32.9 Å². The third-order valence-electron chi connectivity index (χ3n) is 3.62. The van der Waals surface area contributed by atoms with Gasteiger partial charge in [-0.2, -0.15) is 0 Å². The summed E-state index contributed by atoms with van der Waals surface area (Å²) in [6, 6.07) is 14.8. The SMILES string of the molecule is C/C=c1/ccccc1=C(C)C.C=Cc1ccc(C)cc1/C=C\C.CC. The topological polar surface area (TPSA) is 0 Å². The highest BCUT2D eigenvalue weighted by molar-refractivity contribution is 5.64. The Kier molecular flexibility index (Phi) is 11.8. The van der Waals surface area contributed by atoms with Gasteiger partial charge < -0.3 is 0 Å². The summed E-state index contributed by atoms with van der Waals surface area (Å²) in [5.74, 6) is 0. The first-order valence-electron chi connectivity index (χ1n) is 9.08. The zero-order valence-electron chi connectivity index (χ0n) is 17.1. The number of hydrogen-bond donors (Lipinski definition) is 0. The Morgan fingerprint density at radius 2 is 1.56 bits per heavy atom. The molecule has 0 aliphatic carbocycles. The predicted octanol–water partition coefficient (Wildman–Crippen LogP) is 6.37. The van der Waals surface area contributed by atoms with Gasteiger partial charge in [0.2, 0.25) is 0 Å². The van der Waals surface area contributed by atoms with Crippen molar-refractivity contribution in [2.24, 2.45) is 0 Å². The second-order valence-corrected chi connectivity index (χ2v) is 5.71. The van der Waals surface area contributed by atoms with E-state index in [4.69, 9.17) is 0 Å². The quantitative estimate of drug-likeness (QED) is 0.598. The second kappa shape index (κ2) is 13.0. The molecule has 0 unspecified atom stereocenters. The minimum Gasteiger partial charge on any atom is -0.0984 e. The van der Waals surface area contributed by atoms with Gasteiger partial charge in [0, 0.05) is 0 Å².